The smallest absolute Gasteiger partial charge is 0.269 e. The van der Waals surface area contributed by atoms with Gasteiger partial charge in [0.2, 0.25) is 0 Å². The SMILES string of the molecule is N#CC(CCCCOc1ccccc1)c1ccc([N+](=O)[O-])cc1. The fraction of sp³-hybridized carbons (Fsp3) is 0.278. The van der Waals surface area contributed by atoms with E-state index in [-0.39, 0.29) is 11.6 Å². The minimum absolute atomic E-state index is 0.0432. The van der Waals surface area contributed by atoms with E-state index >= 15 is 0 Å². The van der Waals surface area contributed by atoms with Crippen LogP contribution in [-0.2, 0) is 0 Å². The summed E-state index contributed by atoms with van der Waals surface area (Å²) in [4.78, 5) is 10.2. The number of non-ortho nitro benzene ring substituents is 1. The Morgan fingerprint density at radius 1 is 1.09 bits per heavy atom. The highest BCUT2D eigenvalue weighted by molar-refractivity contribution is 5.36. The summed E-state index contributed by atoms with van der Waals surface area (Å²) < 4.78 is 5.61. The van der Waals surface area contributed by atoms with Crippen LogP contribution in [-0.4, -0.2) is 11.5 Å². The lowest BCUT2D eigenvalue weighted by atomic mass is 9.95. The van der Waals surface area contributed by atoms with Crippen LogP contribution in [0.4, 0.5) is 5.69 Å². The molecule has 0 spiro atoms. The zero-order valence-electron chi connectivity index (χ0n) is 12.7. The van der Waals surface area contributed by atoms with Crippen LogP contribution in [0, 0.1) is 21.4 Å². The number of benzene rings is 2. The zero-order chi connectivity index (χ0) is 16.5. The van der Waals surface area contributed by atoms with Crippen molar-refractivity contribution >= 4 is 5.69 Å². The van der Waals surface area contributed by atoms with Crippen molar-refractivity contribution < 1.29 is 9.66 Å². The first-order valence-electron chi connectivity index (χ1n) is 7.52. The monoisotopic (exact) mass is 310 g/mol. The van der Waals surface area contributed by atoms with E-state index in [0.717, 1.165) is 24.2 Å². The van der Waals surface area contributed by atoms with Crippen molar-refractivity contribution in [2.24, 2.45) is 0 Å². The summed E-state index contributed by atoms with van der Waals surface area (Å²) in [5.74, 6) is 0.604. The molecule has 0 heterocycles. The summed E-state index contributed by atoms with van der Waals surface area (Å²) in [6.45, 7) is 0.614. The molecular weight excluding hydrogens is 292 g/mol. The average Bonchev–Trinajstić information content (AvgIpc) is 2.59. The average molecular weight is 310 g/mol. The molecule has 118 valence electrons. The highest BCUT2D eigenvalue weighted by Gasteiger charge is 2.12. The van der Waals surface area contributed by atoms with Gasteiger partial charge in [-0.05, 0) is 37.0 Å². The van der Waals surface area contributed by atoms with Gasteiger partial charge in [-0.3, -0.25) is 10.1 Å². The van der Waals surface area contributed by atoms with Gasteiger partial charge in [-0.25, -0.2) is 0 Å². The van der Waals surface area contributed by atoms with E-state index in [1.54, 1.807) is 12.1 Å². The predicted molar refractivity (Wildman–Crippen MR) is 87.2 cm³/mol. The molecule has 0 N–H and O–H groups in total. The minimum Gasteiger partial charge on any atom is -0.494 e. The fourth-order valence-corrected chi connectivity index (χ4v) is 2.29. The molecule has 0 amide bonds. The van der Waals surface area contributed by atoms with Crippen molar-refractivity contribution in [3.8, 4) is 11.8 Å². The molecule has 0 radical (unpaired) electrons. The van der Waals surface area contributed by atoms with Gasteiger partial charge in [-0.15, -0.1) is 0 Å². The number of nitro groups is 1. The summed E-state index contributed by atoms with van der Waals surface area (Å²) in [6, 6.07) is 18.1. The molecule has 0 fully saturated rings. The maximum absolute atomic E-state index is 10.6. The molecule has 0 bridgehead atoms. The number of nitro benzene ring substituents is 1. The van der Waals surface area contributed by atoms with E-state index < -0.39 is 4.92 Å². The van der Waals surface area contributed by atoms with Crippen molar-refractivity contribution in [1.82, 2.24) is 0 Å². The summed E-state index contributed by atoms with van der Waals surface area (Å²) in [7, 11) is 0. The Hall–Kier alpha value is -2.87. The largest absolute Gasteiger partial charge is 0.494 e. The highest BCUT2D eigenvalue weighted by Crippen LogP contribution is 2.23. The lowest BCUT2D eigenvalue weighted by molar-refractivity contribution is -0.384. The van der Waals surface area contributed by atoms with Crippen LogP contribution in [0.1, 0.15) is 30.7 Å². The van der Waals surface area contributed by atoms with Gasteiger partial charge in [0.15, 0.2) is 0 Å². The second-order valence-electron chi connectivity index (χ2n) is 5.19. The molecule has 0 aliphatic rings. The van der Waals surface area contributed by atoms with Gasteiger partial charge in [0.05, 0.1) is 23.5 Å². The molecule has 2 aromatic carbocycles. The third-order valence-corrected chi connectivity index (χ3v) is 3.56. The Bertz CT molecular complexity index is 663. The van der Waals surface area contributed by atoms with Gasteiger partial charge in [0.1, 0.15) is 5.75 Å². The molecule has 0 aromatic heterocycles. The second kappa shape index (κ2) is 8.54. The first-order chi connectivity index (χ1) is 11.2. The Labute approximate surface area is 135 Å². The van der Waals surface area contributed by atoms with E-state index in [4.69, 9.17) is 4.74 Å². The Kier molecular flexibility index (Phi) is 6.13. The molecule has 1 atom stereocenters. The van der Waals surface area contributed by atoms with E-state index in [2.05, 4.69) is 6.07 Å². The van der Waals surface area contributed by atoms with Crippen LogP contribution in [0.3, 0.4) is 0 Å². The summed E-state index contributed by atoms with van der Waals surface area (Å²) in [5.41, 5.74) is 0.865. The summed E-state index contributed by atoms with van der Waals surface area (Å²) in [6.07, 6.45) is 2.44. The van der Waals surface area contributed by atoms with Gasteiger partial charge in [0, 0.05) is 12.1 Å². The molecule has 1 unspecified atom stereocenters. The van der Waals surface area contributed by atoms with Crippen LogP contribution >= 0.6 is 0 Å². The Balaban J connectivity index is 1.76. The molecule has 0 saturated heterocycles. The predicted octanol–water partition coefficient (Wildman–Crippen LogP) is 4.45. The lowest BCUT2D eigenvalue weighted by Crippen LogP contribution is -2.00. The minimum atomic E-state index is -0.438. The molecule has 5 nitrogen and oxygen atoms in total. The number of hydrogen-bond donors (Lipinski definition) is 0. The van der Waals surface area contributed by atoms with Crippen LogP contribution in [0.25, 0.3) is 0 Å². The van der Waals surface area contributed by atoms with E-state index in [1.807, 2.05) is 30.3 Å². The van der Waals surface area contributed by atoms with Crippen LogP contribution < -0.4 is 4.74 Å². The van der Waals surface area contributed by atoms with E-state index in [1.165, 1.54) is 12.1 Å². The molecule has 2 aromatic rings. The standard InChI is InChI=1S/C18H18N2O3/c19-14-16(15-9-11-17(12-10-15)20(21)22)6-4-5-13-23-18-7-2-1-3-8-18/h1-3,7-12,16H,4-6,13H2. The third-order valence-electron chi connectivity index (χ3n) is 3.56. The number of para-hydroxylation sites is 1. The third kappa shape index (κ3) is 5.11. The first kappa shape index (κ1) is 16.5. The van der Waals surface area contributed by atoms with E-state index in [9.17, 15) is 15.4 Å². The summed E-state index contributed by atoms with van der Waals surface area (Å²) >= 11 is 0. The molecule has 0 aliphatic heterocycles. The maximum Gasteiger partial charge on any atom is 0.269 e. The molecule has 0 aliphatic carbocycles. The Morgan fingerprint density at radius 3 is 2.39 bits per heavy atom. The van der Waals surface area contributed by atoms with Crippen molar-refractivity contribution in [2.45, 2.75) is 25.2 Å². The number of nitrogens with zero attached hydrogens (tertiary/aromatic N) is 2. The van der Waals surface area contributed by atoms with Crippen molar-refractivity contribution in [3.63, 3.8) is 0 Å². The van der Waals surface area contributed by atoms with Crippen molar-refractivity contribution in [2.75, 3.05) is 6.61 Å². The maximum atomic E-state index is 10.6. The first-order valence-corrected chi connectivity index (χ1v) is 7.52. The highest BCUT2D eigenvalue weighted by atomic mass is 16.6. The number of nitriles is 1. The quantitative estimate of drug-likeness (QED) is 0.410. The van der Waals surface area contributed by atoms with E-state index in [0.29, 0.717) is 13.0 Å². The van der Waals surface area contributed by atoms with Gasteiger partial charge in [-0.1, -0.05) is 30.3 Å². The number of hydrogen-bond acceptors (Lipinski definition) is 4. The van der Waals surface area contributed by atoms with Crippen molar-refractivity contribution in [1.29, 1.82) is 5.26 Å². The van der Waals surface area contributed by atoms with Gasteiger partial charge >= 0.3 is 0 Å². The fourth-order valence-electron chi connectivity index (χ4n) is 2.29. The molecule has 0 saturated carbocycles. The number of rotatable bonds is 8. The van der Waals surface area contributed by atoms with Gasteiger partial charge in [-0.2, -0.15) is 5.26 Å². The topological polar surface area (TPSA) is 76.2 Å². The van der Waals surface area contributed by atoms with Crippen LogP contribution in [0.2, 0.25) is 0 Å². The summed E-state index contributed by atoms with van der Waals surface area (Å²) in [5, 5.41) is 19.9. The van der Waals surface area contributed by atoms with Crippen molar-refractivity contribution in [3.05, 3.63) is 70.3 Å². The van der Waals surface area contributed by atoms with Crippen LogP contribution in [0.5, 0.6) is 5.75 Å². The second-order valence-corrected chi connectivity index (χ2v) is 5.19. The molecule has 2 rings (SSSR count). The van der Waals surface area contributed by atoms with Gasteiger partial charge < -0.3 is 4.74 Å². The zero-order valence-corrected chi connectivity index (χ0v) is 12.7. The van der Waals surface area contributed by atoms with Crippen LogP contribution in [0.15, 0.2) is 54.6 Å². The number of ether oxygens (including phenoxy) is 1. The number of unbranched alkanes of at least 4 members (excludes halogenated alkanes) is 1. The van der Waals surface area contributed by atoms with Gasteiger partial charge in [0.25, 0.3) is 5.69 Å². The Morgan fingerprint density at radius 2 is 1.78 bits per heavy atom. The molecule has 23 heavy (non-hydrogen) atoms. The lowest BCUT2D eigenvalue weighted by Gasteiger charge is -2.10. The molecular formula is C18H18N2O3. The molecule has 5 heteroatoms. The normalized spacial score (nSPS) is 11.4.